The monoisotopic (exact) mass is 396 g/mol. The van der Waals surface area contributed by atoms with Gasteiger partial charge in [-0.2, -0.15) is 0 Å². The Morgan fingerprint density at radius 2 is 1.76 bits per heavy atom. The summed E-state index contributed by atoms with van der Waals surface area (Å²) in [7, 11) is 0. The molecule has 4 rings (SSSR count). The maximum Gasteiger partial charge on any atom is 0.156 e. The minimum absolute atomic E-state index is 0.236. The number of allylic oxidation sites excluding steroid dienone is 4. The van der Waals surface area contributed by atoms with E-state index in [1.54, 1.807) is 5.57 Å². The average molecular weight is 397 g/mol. The lowest BCUT2D eigenvalue weighted by atomic mass is 9.46. The van der Waals surface area contributed by atoms with Crippen molar-refractivity contribution in [1.29, 1.82) is 0 Å². The summed E-state index contributed by atoms with van der Waals surface area (Å²) in [6, 6.07) is 0. The van der Waals surface area contributed by atoms with Gasteiger partial charge in [0, 0.05) is 6.42 Å². The highest BCUT2D eigenvalue weighted by Gasteiger charge is 2.59. The van der Waals surface area contributed by atoms with Crippen LogP contribution in [0.5, 0.6) is 0 Å². The standard InChI is InChI=1S/C28H44O/c1-18(2)8-7-9-19(3)23-10-11-24-26-20(4)16-21-17-22(29)12-14-27(21,5)25(26)13-15-28(23,24)6/h16-19,23-26H,7-15H2,1-6H3/t19-,23-,24+,25+,26+,27+,28-/m1/s1. The Kier molecular flexibility index (Phi) is 5.67. The molecule has 0 unspecified atom stereocenters. The van der Waals surface area contributed by atoms with Crippen molar-refractivity contribution in [3.05, 3.63) is 23.3 Å². The Morgan fingerprint density at radius 3 is 2.48 bits per heavy atom. The lowest BCUT2D eigenvalue weighted by Gasteiger charge is -2.58. The van der Waals surface area contributed by atoms with Crippen LogP contribution in [-0.2, 0) is 4.79 Å². The zero-order valence-corrected chi connectivity index (χ0v) is 19.9. The summed E-state index contributed by atoms with van der Waals surface area (Å²) in [6.07, 6.45) is 16.1. The van der Waals surface area contributed by atoms with Crippen LogP contribution in [0.1, 0.15) is 99.3 Å². The predicted molar refractivity (Wildman–Crippen MR) is 123 cm³/mol. The van der Waals surface area contributed by atoms with Crippen LogP contribution in [-0.4, -0.2) is 5.78 Å². The van der Waals surface area contributed by atoms with E-state index in [-0.39, 0.29) is 5.41 Å². The normalized spacial score (nSPS) is 42.7. The fourth-order valence-electron chi connectivity index (χ4n) is 8.40. The Balaban J connectivity index is 1.57. The van der Waals surface area contributed by atoms with Gasteiger partial charge in [0.05, 0.1) is 0 Å². The van der Waals surface area contributed by atoms with Gasteiger partial charge in [0.25, 0.3) is 0 Å². The highest BCUT2D eigenvalue weighted by atomic mass is 16.1. The van der Waals surface area contributed by atoms with Gasteiger partial charge in [-0.3, -0.25) is 4.79 Å². The number of ketones is 1. The number of rotatable bonds is 5. The maximum atomic E-state index is 12.1. The number of hydrogen-bond acceptors (Lipinski definition) is 1. The van der Waals surface area contributed by atoms with E-state index in [2.05, 4.69) is 47.6 Å². The third-order valence-corrected chi connectivity index (χ3v) is 10.1. The summed E-state index contributed by atoms with van der Waals surface area (Å²) in [5.74, 6) is 5.31. The van der Waals surface area contributed by atoms with Crippen molar-refractivity contribution in [2.45, 2.75) is 99.3 Å². The molecular weight excluding hydrogens is 352 g/mol. The van der Waals surface area contributed by atoms with Gasteiger partial charge in [-0.05, 0) is 97.0 Å². The number of fused-ring (bicyclic) bond motifs is 5. The van der Waals surface area contributed by atoms with E-state index in [1.807, 2.05) is 6.08 Å². The summed E-state index contributed by atoms with van der Waals surface area (Å²) in [6.45, 7) is 14.8. The molecule has 2 saturated carbocycles. The molecule has 0 bridgehead atoms. The first-order valence-electron chi connectivity index (χ1n) is 12.6. The fraction of sp³-hybridized carbons (Fsp3) is 0.821. The van der Waals surface area contributed by atoms with E-state index in [4.69, 9.17) is 0 Å². The van der Waals surface area contributed by atoms with Gasteiger partial charge in [0.1, 0.15) is 0 Å². The molecule has 0 radical (unpaired) electrons. The molecule has 0 aromatic rings. The molecule has 2 fully saturated rings. The third-order valence-electron chi connectivity index (χ3n) is 10.1. The van der Waals surface area contributed by atoms with Crippen molar-refractivity contribution in [3.8, 4) is 0 Å². The molecule has 0 saturated heterocycles. The van der Waals surface area contributed by atoms with Crippen LogP contribution in [0.25, 0.3) is 0 Å². The van der Waals surface area contributed by atoms with Crippen LogP contribution in [0.3, 0.4) is 0 Å². The second-order valence-electron chi connectivity index (χ2n) is 12.1. The zero-order valence-electron chi connectivity index (χ0n) is 19.9. The van der Waals surface area contributed by atoms with Crippen molar-refractivity contribution in [2.24, 2.45) is 46.3 Å². The van der Waals surface area contributed by atoms with Crippen LogP contribution in [0.4, 0.5) is 0 Å². The van der Waals surface area contributed by atoms with Crippen LogP contribution in [0, 0.1) is 46.3 Å². The molecule has 0 spiro atoms. The van der Waals surface area contributed by atoms with Gasteiger partial charge in [0.15, 0.2) is 5.78 Å². The molecular formula is C28H44O. The van der Waals surface area contributed by atoms with Gasteiger partial charge in [-0.15, -0.1) is 0 Å². The molecule has 162 valence electrons. The Labute approximate surface area is 179 Å². The largest absolute Gasteiger partial charge is 0.295 e. The SMILES string of the molecule is CC1=CC2=CC(=O)CC[C@]2(C)[C@H]2CC[C@]3(C)[C@@H]([C@H](C)CCCC(C)C)CC[C@H]3[C@H]12. The summed E-state index contributed by atoms with van der Waals surface area (Å²) < 4.78 is 0. The molecule has 4 aliphatic carbocycles. The van der Waals surface area contributed by atoms with Crippen LogP contribution >= 0.6 is 0 Å². The molecule has 0 heterocycles. The highest BCUT2D eigenvalue weighted by Crippen LogP contribution is 2.67. The molecule has 0 aliphatic heterocycles. The predicted octanol–water partition coefficient (Wildman–Crippen LogP) is 7.76. The van der Waals surface area contributed by atoms with Gasteiger partial charge in [-0.25, -0.2) is 0 Å². The Bertz CT molecular complexity index is 712. The summed E-state index contributed by atoms with van der Waals surface area (Å²) in [5.41, 5.74) is 3.70. The third kappa shape index (κ3) is 3.49. The topological polar surface area (TPSA) is 17.1 Å². The minimum Gasteiger partial charge on any atom is -0.295 e. The van der Waals surface area contributed by atoms with E-state index >= 15 is 0 Å². The van der Waals surface area contributed by atoms with Crippen LogP contribution in [0.15, 0.2) is 23.3 Å². The van der Waals surface area contributed by atoms with Crippen LogP contribution < -0.4 is 0 Å². The van der Waals surface area contributed by atoms with E-state index in [1.165, 1.54) is 50.5 Å². The number of carbonyl (C=O) groups excluding carboxylic acids is 1. The quantitative estimate of drug-likeness (QED) is 0.464. The average Bonchev–Trinajstić information content (AvgIpc) is 3.00. The molecule has 29 heavy (non-hydrogen) atoms. The molecule has 1 heteroatoms. The highest BCUT2D eigenvalue weighted by molar-refractivity contribution is 5.92. The van der Waals surface area contributed by atoms with Crippen molar-refractivity contribution in [2.75, 3.05) is 0 Å². The second kappa shape index (κ2) is 7.69. The van der Waals surface area contributed by atoms with Crippen molar-refractivity contribution in [3.63, 3.8) is 0 Å². The van der Waals surface area contributed by atoms with E-state index < -0.39 is 0 Å². The summed E-state index contributed by atoms with van der Waals surface area (Å²) in [5, 5.41) is 0. The fourth-order valence-corrected chi connectivity index (χ4v) is 8.40. The van der Waals surface area contributed by atoms with Crippen LogP contribution in [0.2, 0.25) is 0 Å². The van der Waals surface area contributed by atoms with E-state index in [9.17, 15) is 4.79 Å². The molecule has 4 aliphatic rings. The van der Waals surface area contributed by atoms with Crippen molar-refractivity contribution < 1.29 is 4.79 Å². The Morgan fingerprint density at radius 1 is 1.00 bits per heavy atom. The first-order chi connectivity index (χ1) is 13.7. The molecule has 0 aromatic heterocycles. The Hall–Kier alpha value is -0.850. The van der Waals surface area contributed by atoms with Gasteiger partial charge in [0.2, 0.25) is 0 Å². The number of hydrogen-bond donors (Lipinski definition) is 0. The number of carbonyl (C=O) groups is 1. The van der Waals surface area contributed by atoms with Gasteiger partial charge in [-0.1, -0.05) is 65.5 Å². The van der Waals surface area contributed by atoms with Gasteiger partial charge < -0.3 is 0 Å². The summed E-state index contributed by atoms with van der Waals surface area (Å²) in [4.78, 5) is 12.1. The smallest absolute Gasteiger partial charge is 0.156 e. The van der Waals surface area contributed by atoms with Crippen molar-refractivity contribution in [1.82, 2.24) is 0 Å². The molecule has 0 amide bonds. The van der Waals surface area contributed by atoms with E-state index in [0.29, 0.717) is 11.2 Å². The molecule has 0 N–H and O–H groups in total. The minimum atomic E-state index is 0.236. The molecule has 1 nitrogen and oxygen atoms in total. The van der Waals surface area contributed by atoms with Gasteiger partial charge >= 0.3 is 0 Å². The lowest BCUT2D eigenvalue weighted by Crippen LogP contribution is -2.50. The van der Waals surface area contributed by atoms with E-state index in [0.717, 1.165) is 48.3 Å². The molecule has 0 aromatic carbocycles. The lowest BCUT2D eigenvalue weighted by molar-refractivity contribution is -0.116. The zero-order chi connectivity index (χ0) is 21.0. The first kappa shape index (κ1) is 21.4. The molecule has 7 atom stereocenters. The maximum absolute atomic E-state index is 12.1. The first-order valence-corrected chi connectivity index (χ1v) is 12.6. The summed E-state index contributed by atoms with van der Waals surface area (Å²) >= 11 is 0. The second-order valence-corrected chi connectivity index (χ2v) is 12.1. The van der Waals surface area contributed by atoms with Crippen molar-refractivity contribution >= 4 is 5.78 Å².